The normalized spacial score (nSPS) is 20.9. The number of hydrogen-bond donors (Lipinski definition) is 1. The van der Waals surface area contributed by atoms with Gasteiger partial charge in [0.05, 0.1) is 7.11 Å². The molecule has 1 aromatic rings. The molecular weight excluding hydrogens is 298 g/mol. The summed E-state index contributed by atoms with van der Waals surface area (Å²) in [6.07, 6.45) is 1.10. The number of phenolic OH excluding ortho intramolecular Hbond substituents is 1. The number of likely N-dealkylation sites (tertiary alicyclic amines) is 1. The topological polar surface area (TPSA) is 76.1 Å². The number of carbonyl (C=O) groups is 2. The number of esters is 1. The van der Waals surface area contributed by atoms with Crippen LogP contribution in [0.2, 0.25) is 0 Å². The van der Waals surface area contributed by atoms with E-state index in [4.69, 9.17) is 9.47 Å². The average molecular weight is 321 g/mol. The van der Waals surface area contributed by atoms with Crippen molar-refractivity contribution < 1.29 is 24.2 Å². The van der Waals surface area contributed by atoms with Crippen molar-refractivity contribution in [2.75, 3.05) is 26.8 Å². The maximum Gasteiger partial charge on any atom is 0.342 e. The van der Waals surface area contributed by atoms with Crippen molar-refractivity contribution in [2.24, 2.45) is 11.8 Å². The molecule has 1 aliphatic heterocycles. The monoisotopic (exact) mass is 321 g/mol. The largest absolute Gasteiger partial charge is 0.507 e. The van der Waals surface area contributed by atoms with Gasteiger partial charge in [0.2, 0.25) is 0 Å². The SMILES string of the molecule is COc1ccc(C(=O)OCC(=O)N2C[C@H](C)C[C@@H](C)C2)c(O)c1. The van der Waals surface area contributed by atoms with Gasteiger partial charge in [0, 0.05) is 19.2 Å². The van der Waals surface area contributed by atoms with Crippen LogP contribution < -0.4 is 4.74 Å². The molecule has 1 fully saturated rings. The van der Waals surface area contributed by atoms with Crippen molar-refractivity contribution in [2.45, 2.75) is 20.3 Å². The van der Waals surface area contributed by atoms with Crippen molar-refractivity contribution in [1.82, 2.24) is 4.90 Å². The fourth-order valence-electron chi connectivity index (χ4n) is 2.97. The third-order valence-corrected chi connectivity index (χ3v) is 3.97. The van der Waals surface area contributed by atoms with Gasteiger partial charge in [-0.2, -0.15) is 0 Å². The summed E-state index contributed by atoms with van der Waals surface area (Å²) in [5, 5.41) is 9.80. The van der Waals surface area contributed by atoms with E-state index in [1.165, 1.54) is 19.2 Å². The molecule has 1 N–H and O–H groups in total. The molecule has 2 rings (SSSR count). The number of benzene rings is 1. The second-order valence-electron chi connectivity index (χ2n) is 6.20. The van der Waals surface area contributed by atoms with E-state index in [0.29, 0.717) is 30.7 Å². The number of amides is 1. The Hall–Kier alpha value is -2.24. The first-order valence-electron chi connectivity index (χ1n) is 7.72. The third kappa shape index (κ3) is 4.37. The van der Waals surface area contributed by atoms with Gasteiger partial charge in [0.25, 0.3) is 5.91 Å². The van der Waals surface area contributed by atoms with Crippen LogP contribution in [0.5, 0.6) is 11.5 Å². The predicted molar refractivity (Wildman–Crippen MR) is 84.5 cm³/mol. The van der Waals surface area contributed by atoms with Crippen LogP contribution in [0.3, 0.4) is 0 Å². The molecule has 0 spiro atoms. The number of aromatic hydroxyl groups is 1. The van der Waals surface area contributed by atoms with Crippen molar-refractivity contribution in [3.63, 3.8) is 0 Å². The summed E-state index contributed by atoms with van der Waals surface area (Å²) in [7, 11) is 1.46. The molecule has 23 heavy (non-hydrogen) atoms. The minimum Gasteiger partial charge on any atom is -0.507 e. The number of hydrogen-bond acceptors (Lipinski definition) is 5. The molecule has 0 bridgehead atoms. The summed E-state index contributed by atoms with van der Waals surface area (Å²) in [6, 6.07) is 4.28. The Kier molecular flexibility index (Phi) is 5.47. The van der Waals surface area contributed by atoms with Crippen molar-refractivity contribution in [1.29, 1.82) is 0 Å². The number of carbonyl (C=O) groups excluding carboxylic acids is 2. The molecule has 0 aliphatic carbocycles. The zero-order valence-electron chi connectivity index (χ0n) is 13.7. The number of ether oxygens (including phenoxy) is 2. The maximum absolute atomic E-state index is 12.2. The van der Waals surface area contributed by atoms with E-state index in [-0.39, 0.29) is 23.8 Å². The van der Waals surface area contributed by atoms with Gasteiger partial charge >= 0.3 is 5.97 Å². The predicted octanol–water partition coefficient (Wildman–Crippen LogP) is 2.06. The lowest BCUT2D eigenvalue weighted by atomic mass is 9.92. The van der Waals surface area contributed by atoms with Crippen LogP contribution in [0.1, 0.15) is 30.6 Å². The molecule has 1 aliphatic rings. The zero-order chi connectivity index (χ0) is 17.0. The standard InChI is InChI=1S/C17H23NO5/c1-11-6-12(2)9-18(8-11)16(20)10-23-17(21)14-5-4-13(22-3)7-15(14)19/h4-5,7,11-12,19H,6,8-10H2,1-3H3/t11-,12-/m1/s1. The number of methoxy groups -OCH3 is 1. The first-order chi connectivity index (χ1) is 10.9. The molecule has 126 valence electrons. The van der Waals surface area contributed by atoms with E-state index >= 15 is 0 Å². The van der Waals surface area contributed by atoms with E-state index in [1.807, 2.05) is 0 Å². The molecule has 6 nitrogen and oxygen atoms in total. The highest BCUT2D eigenvalue weighted by Gasteiger charge is 2.26. The van der Waals surface area contributed by atoms with Crippen LogP contribution in [0.25, 0.3) is 0 Å². The molecule has 0 saturated carbocycles. The van der Waals surface area contributed by atoms with Crippen molar-refractivity contribution in [3.8, 4) is 11.5 Å². The smallest absolute Gasteiger partial charge is 0.342 e. The van der Waals surface area contributed by atoms with Crippen molar-refractivity contribution in [3.05, 3.63) is 23.8 Å². The molecule has 6 heteroatoms. The van der Waals surface area contributed by atoms with Crippen LogP contribution in [-0.2, 0) is 9.53 Å². The Balaban J connectivity index is 1.92. The van der Waals surface area contributed by atoms with Crippen LogP contribution in [0, 0.1) is 11.8 Å². The Labute approximate surface area is 136 Å². The Morgan fingerprint density at radius 3 is 2.48 bits per heavy atom. The summed E-state index contributed by atoms with van der Waals surface area (Å²) in [5.41, 5.74) is 0.0129. The number of piperidine rings is 1. The van der Waals surface area contributed by atoms with Gasteiger partial charge in [-0.1, -0.05) is 13.8 Å². The highest BCUT2D eigenvalue weighted by atomic mass is 16.5. The molecule has 0 aromatic heterocycles. The lowest BCUT2D eigenvalue weighted by molar-refractivity contribution is -0.137. The summed E-state index contributed by atoms with van der Waals surface area (Å²) in [4.78, 5) is 25.9. The number of rotatable bonds is 4. The lowest BCUT2D eigenvalue weighted by Gasteiger charge is -2.34. The molecule has 1 heterocycles. The van der Waals surface area contributed by atoms with Gasteiger partial charge in [-0.05, 0) is 30.4 Å². The summed E-state index contributed by atoms with van der Waals surface area (Å²) in [6.45, 7) is 5.28. The van der Waals surface area contributed by atoms with E-state index in [2.05, 4.69) is 13.8 Å². The summed E-state index contributed by atoms with van der Waals surface area (Å²) in [5.74, 6) is 0.169. The van der Waals surface area contributed by atoms with Gasteiger partial charge in [-0.25, -0.2) is 4.79 Å². The van der Waals surface area contributed by atoms with E-state index in [1.54, 1.807) is 11.0 Å². The van der Waals surface area contributed by atoms with E-state index in [9.17, 15) is 14.7 Å². The first-order valence-corrected chi connectivity index (χ1v) is 7.72. The quantitative estimate of drug-likeness (QED) is 0.859. The Bertz CT molecular complexity index is 576. The van der Waals surface area contributed by atoms with Crippen LogP contribution in [0.15, 0.2) is 18.2 Å². The van der Waals surface area contributed by atoms with E-state index in [0.717, 1.165) is 6.42 Å². The average Bonchev–Trinajstić information content (AvgIpc) is 2.51. The Morgan fingerprint density at radius 1 is 1.26 bits per heavy atom. The first kappa shape index (κ1) is 17.1. The van der Waals surface area contributed by atoms with Gasteiger partial charge in [-0.3, -0.25) is 4.79 Å². The second-order valence-corrected chi connectivity index (χ2v) is 6.20. The molecule has 1 amide bonds. The highest BCUT2D eigenvalue weighted by Crippen LogP contribution is 2.24. The van der Waals surface area contributed by atoms with Gasteiger partial charge in [-0.15, -0.1) is 0 Å². The molecular formula is C17H23NO5. The van der Waals surface area contributed by atoms with Crippen LogP contribution in [0.4, 0.5) is 0 Å². The molecule has 2 atom stereocenters. The van der Waals surface area contributed by atoms with Gasteiger partial charge < -0.3 is 19.5 Å². The molecule has 1 aromatic carbocycles. The maximum atomic E-state index is 12.2. The second kappa shape index (κ2) is 7.35. The fourth-order valence-corrected chi connectivity index (χ4v) is 2.97. The fraction of sp³-hybridized carbons (Fsp3) is 0.529. The van der Waals surface area contributed by atoms with Gasteiger partial charge in [0.15, 0.2) is 6.61 Å². The van der Waals surface area contributed by atoms with Crippen LogP contribution >= 0.6 is 0 Å². The number of nitrogens with zero attached hydrogens (tertiary/aromatic N) is 1. The summed E-state index contributed by atoms with van der Waals surface area (Å²) < 4.78 is 9.99. The summed E-state index contributed by atoms with van der Waals surface area (Å²) >= 11 is 0. The van der Waals surface area contributed by atoms with E-state index < -0.39 is 5.97 Å². The highest BCUT2D eigenvalue weighted by molar-refractivity contribution is 5.94. The zero-order valence-corrected chi connectivity index (χ0v) is 13.7. The van der Waals surface area contributed by atoms with Crippen LogP contribution in [-0.4, -0.2) is 48.7 Å². The van der Waals surface area contributed by atoms with Crippen molar-refractivity contribution >= 4 is 11.9 Å². The molecule has 1 saturated heterocycles. The lowest BCUT2D eigenvalue weighted by Crippen LogP contribution is -2.44. The minimum absolute atomic E-state index is 0.0129. The van der Waals surface area contributed by atoms with Gasteiger partial charge in [0.1, 0.15) is 17.1 Å². The molecule has 0 unspecified atom stereocenters. The number of phenols is 1. The minimum atomic E-state index is -0.725. The Morgan fingerprint density at radius 2 is 1.91 bits per heavy atom. The third-order valence-electron chi connectivity index (χ3n) is 3.97. The molecule has 0 radical (unpaired) electrons.